The molecule has 4 aromatic rings. The molecule has 0 unspecified atom stereocenters. The summed E-state index contributed by atoms with van der Waals surface area (Å²) in [7, 11) is 1.49. The summed E-state index contributed by atoms with van der Waals surface area (Å²) in [5.74, 6) is 0.458. The summed E-state index contributed by atoms with van der Waals surface area (Å²) in [4.78, 5) is 8.93. The number of phenolic OH excluding ortho intramolecular Hbond substituents is 2. The number of aromatic hydroxyl groups is 2. The highest BCUT2D eigenvalue weighted by molar-refractivity contribution is 9.10. The van der Waals surface area contributed by atoms with Crippen molar-refractivity contribution < 1.29 is 14.9 Å². The largest absolute Gasteiger partial charge is 0.507 e. The number of aromatic nitrogens is 1. The molecule has 0 radical (unpaired) electrons. The first kappa shape index (κ1) is 18.5. The molecule has 3 aromatic carbocycles. The molecule has 0 saturated carbocycles. The normalized spacial score (nSPS) is 11.4. The summed E-state index contributed by atoms with van der Waals surface area (Å²) in [6, 6.07) is 16.4. The maximum absolute atomic E-state index is 10.5. The fraction of sp³-hybridized carbons (Fsp3) is 0.0476. The molecule has 2 N–H and O–H groups in total. The number of aliphatic imine (C=N–C) groups is 1. The number of ether oxygens (including phenoxy) is 1. The Morgan fingerprint density at radius 3 is 2.68 bits per heavy atom. The van der Waals surface area contributed by atoms with Crippen LogP contribution in [0.1, 0.15) is 5.56 Å². The molecule has 7 heteroatoms. The maximum atomic E-state index is 10.5. The van der Waals surface area contributed by atoms with Crippen molar-refractivity contribution in [2.75, 3.05) is 7.11 Å². The van der Waals surface area contributed by atoms with Gasteiger partial charge in [-0.15, -0.1) is 11.3 Å². The van der Waals surface area contributed by atoms with Crippen molar-refractivity contribution in [3.8, 4) is 27.8 Å². The Morgan fingerprint density at radius 1 is 1.11 bits per heavy atom. The van der Waals surface area contributed by atoms with Crippen LogP contribution in [0.4, 0.5) is 5.69 Å². The molecule has 0 aliphatic rings. The second kappa shape index (κ2) is 7.61. The molecule has 0 fully saturated rings. The molecule has 4 rings (SSSR count). The highest BCUT2D eigenvalue weighted by Crippen LogP contribution is 2.37. The molecule has 140 valence electrons. The Hall–Kier alpha value is -2.90. The van der Waals surface area contributed by atoms with E-state index in [1.807, 2.05) is 24.3 Å². The van der Waals surface area contributed by atoms with Gasteiger partial charge in [0.15, 0.2) is 11.5 Å². The Labute approximate surface area is 173 Å². The predicted octanol–water partition coefficient (Wildman–Crippen LogP) is 5.90. The molecular formula is C21H15BrN2O3S. The molecule has 0 spiro atoms. The van der Waals surface area contributed by atoms with Crippen molar-refractivity contribution in [1.29, 1.82) is 0 Å². The number of methoxy groups -OCH3 is 1. The number of fused-ring (bicyclic) bond motifs is 1. The van der Waals surface area contributed by atoms with Crippen molar-refractivity contribution >= 4 is 49.4 Å². The Morgan fingerprint density at radius 2 is 1.93 bits per heavy atom. The van der Waals surface area contributed by atoms with Crippen molar-refractivity contribution in [2.45, 2.75) is 0 Å². The first-order valence-corrected chi connectivity index (χ1v) is 9.95. The van der Waals surface area contributed by atoms with Crippen LogP contribution < -0.4 is 4.74 Å². The third kappa shape index (κ3) is 3.58. The van der Waals surface area contributed by atoms with Crippen molar-refractivity contribution in [3.63, 3.8) is 0 Å². The zero-order valence-corrected chi connectivity index (χ0v) is 17.2. The highest BCUT2D eigenvalue weighted by atomic mass is 79.9. The SMILES string of the molecule is COc1cc(Br)cc(C=Nc2ccc(-c3nc4ccccc4s3)c(O)c2)c1O. The van der Waals surface area contributed by atoms with Gasteiger partial charge in [-0.1, -0.05) is 28.1 Å². The number of rotatable bonds is 4. The van der Waals surface area contributed by atoms with Gasteiger partial charge in [0.05, 0.1) is 28.6 Å². The van der Waals surface area contributed by atoms with Gasteiger partial charge < -0.3 is 14.9 Å². The monoisotopic (exact) mass is 454 g/mol. The Bertz CT molecular complexity index is 1170. The van der Waals surface area contributed by atoms with Crippen molar-refractivity contribution in [3.05, 3.63) is 64.6 Å². The lowest BCUT2D eigenvalue weighted by atomic mass is 10.2. The number of thiazole rings is 1. The van der Waals surface area contributed by atoms with E-state index in [1.54, 1.807) is 30.3 Å². The van der Waals surface area contributed by atoms with Crippen LogP contribution in [0.3, 0.4) is 0 Å². The van der Waals surface area contributed by atoms with Gasteiger partial charge in [0.2, 0.25) is 0 Å². The molecule has 0 amide bonds. The molecule has 1 aromatic heterocycles. The number of hydrogen-bond donors (Lipinski definition) is 2. The zero-order chi connectivity index (χ0) is 19.7. The lowest BCUT2D eigenvalue weighted by molar-refractivity contribution is 0.373. The molecule has 0 bridgehead atoms. The molecular weight excluding hydrogens is 440 g/mol. The average Bonchev–Trinajstić information content (AvgIpc) is 3.12. The molecule has 5 nitrogen and oxygen atoms in total. The van der Waals surface area contributed by atoms with Crippen LogP contribution in [0.15, 0.2) is 64.1 Å². The maximum Gasteiger partial charge on any atom is 0.166 e. The quantitative estimate of drug-likeness (QED) is 0.376. The minimum absolute atomic E-state index is 0.00441. The molecule has 0 aliphatic heterocycles. The van der Waals surface area contributed by atoms with Gasteiger partial charge in [0, 0.05) is 22.3 Å². The Balaban J connectivity index is 1.65. The minimum atomic E-state index is 0.00441. The highest BCUT2D eigenvalue weighted by Gasteiger charge is 2.11. The van der Waals surface area contributed by atoms with Gasteiger partial charge in [0.25, 0.3) is 0 Å². The molecule has 0 saturated heterocycles. The second-order valence-corrected chi connectivity index (χ2v) is 7.94. The van der Waals surface area contributed by atoms with E-state index < -0.39 is 0 Å². The number of hydrogen-bond acceptors (Lipinski definition) is 6. The van der Waals surface area contributed by atoms with Crippen LogP contribution in [0.5, 0.6) is 17.2 Å². The summed E-state index contributed by atoms with van der Waals surface area (Å²) in [6.45, 7) is 0. The minimum Gasteiger partial charge on any atom is -0.507 e. The smallest absolute Gasteiger partial charge is 0.166 e. The third-order valence-corrected chi connectivity index (χ3v) is 5.67. The second-order valence-electron chi connectivity index (χ2n) is 5.99. The number of nitrogens with zero attached hydrogens (tertiary/aromatic N) is 2. The average molecular weight is 455 g/mol. The summed E-state index contributed by atoms with van der Waals surface area (Å²) in [5.41, 5.74) is 2.62. The molecule has 0 aliphatic carbocycles. The molecule has 0 atom stereocenters. The van der Waals surface area contributed by atoms with E-state index in [-0.39, 0.29) is 11.5 Å². The predicted molar refractivity (Wildman–Crippen MR) is 116 cm³/mol. The van der Waals surface area contributed by atoms with Gasteiger partial charge in [-0.05, 0) is 36.4 Å². The van der Waals surface area contributed by atoms with E-state index in [1.165, 1.54) is 24.7 Å². The standard InChI is InChI=1S/C21H15BrN2O3S/c1-27-18-9-13(22)8-12(20(18)26)11-23-14-6-7-15(17(25)10-14)21-24-16-4-2-3-5-19(16)28-21/h2-11,25-26H,1H3. The summed E-state index contributed by atoms with van der Waals surface area (Å²) < 4.78 is 6.97. The van der Waals surface area contributed by atoms with E-state index in [2.05, 4.69) is 25.9 Å². The summed E-state index contributed by atoms with van der Waals surface area (Å²) in [6.07, 6.45) is 1.52. The van der Waals surface area contributed by atoms with Gasteiger partial charge in [-0.2, -0.15) is 0 Å². The van der Waals surface area contributed by atoms with Gasteiger partial charge in [-0.3, -0.25) is 4.99 Å². The third-order valence-electron chi connectivity index (χ3n) is 4.15. The van der Waals surface area contributed by atoms with Gasteiger partial charge in [-0.25, -0.2) is 4.98 Å². The first-order chi connectivity index (χ1) is 13.5. The first-order valence-electron chi connectivity index (χ1n) is 8.34. The fourth-order valence-electron chi connectivity index (χ4n) is 2.76. The number of phenols is 2. The van der Waals surface area contributed by atoms with Crippen LogP contribution in [-0.4, -0.2) is 28.5 Å². The van der Waals surface area contributed by atoms with E-state index >= 15 is 0 Å². The summed E-state index contributed by atoms with van der Waals surface area (Å²) in [5, 5.41) is 21.4. The molecule has 28 heavy (non-hydrogen) atoms. The topological polar surface area (TPSA) is 74.9 Å². The molecule has 1 heterocycles. The van der Waals surface area contributed by atoms with E-state index in [0.29, 0.717) is 22.6 Å². The number of benzene rings is 3. The zero-order valence-electron chi connectivity index (χ0n) is 14.8. The van der Waals surface area contributed by atoms with Crippen LogP contribution in [-0.2, 0) is 0 Å². The number of para-hydroxylation sites is 1. The van der Waals surface area contributed by atoms with Crippen LogP contribution >= 0.6 is 27.3 Å². The fourth-order valence-corrected chi connectivity index (χ4v) is 4.22. The lowest BCUT2D eigenvalue weighted by Crippen LogP contribution is -1.89. The van der Waals surface area contributed by atoms with E-state index in [0.717, 1.165) is 19.7 Å². The van der Waals surface area contributed by atoms with E-state index in [4.69, 9.17) is 4.74 Å². The Kier molecular flexibility index (Phi) is 5.02. The van der Waals surface area contributed by atoms with Crippen LogP contribution in [0, 0.1) is 0 Å². The van der Waals surface area contributed by atoms with Crippen molar-refractivity contribution in [1.82, 2.24) is 4.98 Å². The number of halogens is 1. The summed E-state index contributed by atoms with van der Waals surface area (Å²) >= 11 is 4.90. The lowest BCUT2D eigenvalue weighted by Gasteiger charge is -2.07. The van der Waals surface area contributed by atoms with Crippen LogP contribution in [0.25, 0.3) is 20.8 Å². The van der Waals surface area contributed by atoms with E-state index in [9.17, 15) is 10.2 Å². The van der Waals surface area contributed by atoms with Crippen LogP contribution in [0.2, 0.25) is 0 Å². The van der Waals surface area contributed by atoms with Crippen molar-refractivity contribution in [2.24, 2.45) is 4.99 Å². The van der Waals surface area contributed by atoms with Gasteiger partial charge >= 0.3 is 0 Å². The van der Waals surface area contributed by atoms with Gasteiger partial charge in [0.1, 0.15) is 10.8 Å².